The van der Waals surface area contributed by atoms with Crippen molar-refractivity contribution in [1.29, 1.82) is 0 Å². The fraction of sp³-hybridized carbons (Fsp3) is 0.467. The van der Waals surface area contributed by atoms with Crippen LogP contribution in [0.1, 0.15) is 29.6 Å². The number of carboxylic acid groups (broad SMARTS) is 1. The number of hydrogen-bond donors (Lipinski definition) is 3. The van der Waals surface area contributed by atoms with Crippen molar-refractivity contribution in [3.05, 3.63) is 28.8 Å². The van der Waals surface area contributed by atoms with Crippen LogP contribution in [0.5, 0.6) is 0 Å². The molecule has 4 N–H and O–H groups in total. The quantitative estimate of drug-likeness (QED) is 0.796. The zero-order valence-electron chi connectivity index (χ0n) is 11.4. The number of anilines is 1. The third-order valence-corrected chi connectivity index (χ3v) is 5.09. The molecule has 2 aliphatic carbocycles. The van der Waals surface area contributed by atoms with Crippen LogP contribution in [-0.2, 0) is 4.79 Å². The highest BCUT2D eigenvalue weighted by atomic mass is 35.5. The summed E-state index contributed by atoms with van der Waals surface area (Å²) in [7, 11) is 0. The standard InChI is InChI=1S/C15H17ClN2O3/c16-10-6-9(14(17)19)3-4-11(10)18-13-8-2-1-7(5-8)12(13)15(20)21/h3-4,6-8,12-13,18H,1-2,5H2,(H2,17,19)(H,20,21). The number of halogens is 1. The van der Waals surface area contributed by atoms with Crippen molar-refractivity contribution in [3.8, 4) is 0 Å². The van der Waals surface area contributed by atoms with Crippen molar-refractivity contribution in [2.45, 2.75) is 25.3 Å². The lowest BCUT2D eigenvalue weighted by Crippen LogP contribution is -2.39. The highest BCUT2D eigenvalue weighted by Crippen LogP contribution is 2.49. The van der Waals surface area contributed by atoms with Gasteiger partial charge in [0.15, 0.2) is 0 Å². The normalized spacial score (nSPS) is 30.3. The van der Waals surface area contributed by atoms with Gasteiger partial charge in [0.05, 0.1) is 16.6 Å². The Hall–Kier alpha value is -1.75. The Bertz CT molecular complexity index is 605. The maximum Gasteiger partial charge on any atom is 0.308 e. The molecule has 0 aromatic heterocycles. The van der Waals surface area contributed by atoms with E-state index in [4.69, 9.17) is 17.3 Å². The number of benzene rings is 1. The van der Waals surface area contributed by atoms with Gasteiger partial charge in [-0.3, -0.25) is 9.59 Å². The van der Waals surface area contributed by atoms with Crippen molar-refractivity contribution in [2.75, 3.05) is 5.32 Å². The number of carboxylic acids is 1. The molecule has 5 nitrogen and oxygen atoms in total. The zero-order valence-corrected chi connectivity index (χ0v) is 12.1. The monoisotopic (exact) mass is 308 g/mol. The lowest BCUT2D eigenvalue weighted by molar-refractivity contribution is -0.143. The van der Waals surface area contributed by atoms with E-state index in [0.29, 0.717) is 22.2 Å². The maximum absolute atomic E-state index is 11.5. The zero-order chi connectivity index (χ0) is 15.1. The Kier molecular flexibility index (Phi) is 3.53. The molecule has 0 heterocycles. The highest BCUT2D eigenvalue weighted by Gasteiger charge is 2.51. The fourth-order valence-corrected chi connectivity index (χ4v) is 4.05. The molecule has 0 aliphatic heterocycles. The minimum Gasteiger partial charge on any atom is -0.481 e. The van der Waals surface area contributed by atoms with Crippen LogP contribution in [0.15, 0.2) is 18.2 Å². The summed E-state index contributed by atoms with van der Waals surface area (Å²) >= 11 is 6.16. The number of rotatable bonds is 4. The molecule has 1 aromatic rings. The molecule has 112 valence electrons. The largest absolute Gasteiger partial charge is 0.481 e. The van der Waals surface area contributed by atoms with Crippen LogP contribution in [0.4, 0.5) is 5.69 Å². The average Bonchev–Trinajstić information content (AvgIpc) is 3.01. The predicted molar refractivity (Wildman–Crippen MR) is 79.3 cm³/mol. The average molecular weight is 309 g/mol. The molecule has 0 spiro atoms. The number of amides is 1. The Morgan fingerprint density at radius 1 is 1.29 bits per heavy atom. The van der Waals surface area contributed by atoms with Crippen molar-refractivity contribution in [3.63, 3.8) is 0 Å². The predicted octanol–water partition coefficient (Wildman–Crippen LogP) is 2.35. The van der Waals surface area contributed by atoms with Gasteiger partial charge in [-0.2, -0.15) is 0 Å². The van der Waals surface area contributed by atoms with E-state index >= 15 is 0 Å². The van der Waals surface area contributed by atoms with Gasteiger partial charge in [0.25, 0.3) is 0 Å². The van der Waals surface area contributed by atoms with Crippen LogP contribution in [-0.4, -0.2) is 23.0 Å². The minimum absolute atomic E-state index is 0.0989. The number of carbonyl (C=O) groups is 2. The first-order chi connectivity index (χ1) is 9.97. The summed E-state index contributed by atoms with van der Waals surface area (Å²) in [5, 5.41) is 13.1. The Labute approximate surface area is 127 Å². The van der Waals surface area contributed by atoms with Gasteiger partial charge in [0, 0.05) is 11.6 Å². The second kappa shape index (κ2) is 5.22. The number of hydrogen-bond acceptors (Lipinski definition) is 3. The first-order valence-electron chi connectivity index (χ1n) is 7.06. The van der Waals surface area contributed by atoms with Gasteiger partial charge in [-0.15, -0.1) is 0 Å². The van der Waals surface area contributed by atoms with E-state index in [-0.39, 0.29) is 17.9 Å². The molecule has 3 rings (SSSR count). The maximum atomic E-state index is 11.5. The number of nitrogens with one attached hydrogen (secondary N) is 1. The second-order valence-corrected chi connectivity index (χ2v) is 6.33. The molecule has 0 saturated heterocycles. The third-order valence-electron chi connectivity index (χ3n) is 4.78. The van der Waals surface area contributed by atoms with Crippen LogP contribution >= 0.6 is 11.6 Å². The number of nitrogens with two attached hydrogens (primary N) is 1. The molecular weight excluding hydrogens is 292 g/mol. The molecule has 0 radical (unpaired) electrons. The summed E-state index contributed by atoms with van der Waals surface area (Å²) in [6.07, 6.45) is 3.02. The van der Waals surface area contributed by atoms with E-state index in [1.807, 2.05) is 0 Å². The van der Waals surface area contributed by atoms with E-state index in [9.17, 15) is 14.7 Å². The van der Waals surface area contributed by atoms with E-state index in [1.54, 1.807) is 12.1 Å². The minimum atomic E-state index is -0.746. The van der Waals surface area contributed by atoms with Crippen LogP contribution in [0, 0.1) is 17.8 Å². The van der Waals surface area contributed by atoms with Gasteiger partial charge < -0.3 is 16.2 Å². The molecule has 4 unspecified atom stereocenters. The molecule has 4 atom stereocenters. The smallest absolute Gasteiger partial charge is 0.308 e. The van der Waals surface area contributed by atoms with Gasteiger partial charge in [-0.1, -0.05) is 11.6 Å². The summed E-state index contributed by atoms with van der Waals surface area (Å²) in [6.45, 7) is 0. The van der Waals surface area contributed by atoms with E-state index in [2.05, 4.69) is 5.32 Å². The molecular formula is C15H17ClN2O3. The van der Waals surface area contributed by atoms with Crippen molar-refractivity contribution < 1.29 is 14.7 Å². The van der Waals surface area contributed by atoms with Crippen LogP contribution < -0.4 is 11.1 Å². The lowest BCUT2D eigenvalue weighted by Gasteiger charge is -2.30. The summed E-state index contributed by atoms with van der Waals surface area (Å²) < 4.78 is 0. The molecule has 2 fully saturated rings. The number of aliphatic carboxylic acids is 1. The van der Waals surface area contributed by atoms with Crippen LogP contribution in [0.2, 0.25) is 5.02 Å². The second-order valence-electron chi connectivity index (χ2n) is 5.93. The van der Waals surface area contributed by atoms with Gasteiger partial charge in [-0.05, 0) is 49.3 Å². The summed E-state index contributed by atoms with van der Waals surface area (Å²) in [5.74, 6) is -1.01. The molecule has 21 heavy (non-hydrogen) atoms. The van der Waals surface area contributed by atoms with Crippen LogP contribution in [0.25, 0.3) is 0 Å². The van der Waals surface area contributed by atoms with Gasteiger partial charge in [0.1, 0.15) is 0 Å². The highest BCUT2D eigenvalue weighted by molar-refractivity contribution is 6.33. The molecule has 6 heteroatoms. The van der Waals surface area contributed by atoms with Gasteiger partial charge >= 0.3 is 5.97 Å². The number of carbonyl (C=O) groups excluding carboxylic acids is 1. The Morgan fingerprint density at radius 2 is 2.00 bits per heavy atom. The molecule has 1 aromatic carbocycles. The van der Waals surface area contributed by atoms with Crippen molar-refractivity contribution >= 4 is 29.2 Å². The first kappa shape index (κ1) is 14.2. The number of fused-ring (bicyclic) bond motifs is 2. The number of primary amides is 1. The van der Waals surface area contributed by atoms with Crippen LogP contribution in [0.3, 0.4) is 0 Å². The molecule has 1 amide bonds. The Balaban J connectivity index is 1.83. The SMILES string of the molecule is NC(=O)c1ccc(NC2C3CCC(C3)C2C(=O)O)c(Cl)c1. The molecule has 2 saturated carbocycles. The van der Waals surface area contributed by atoms with Crippen molar-refractivity contribution in [2.24, 2.45) is 23.5 Å². The first-order valence-corrected chi connectivity index (χ1v) is 7.44. The summed E-state index contributed by atoms with van der Waals surface area (Å²) in [4.78, 5) is 22.6. The molecule has 2 aliphatic rings. The Morgan fingerprint density at radius 3 is 2.62 bits per heavy atom. The molecule has 2 bridgehead atoms. The topological polar surface area (TPSA) is 92.4 Å². The van der Waals surface area contributed by atoms with E-state index < -0.39 is 11.9 Å². The van der Waals surface area contributed by atoms with Gasteiger partial charge in [0.2, 0.25) is 5.91 Å². The van der Waals surface area contributed by atoms with E-state index in [1.165, 1.54) is 6.07 Å². The third kappa shape index (κ3) is 2.46. The van der Waals surface area contributed by atoms with Gasteiger partial charge in [-0.25, -0.2) is 0 Å². The summed E-state index contributed by atoms with van der Waals surface area (Å²) in [6, 6.07) is 4.69. The van der Waals surface area contributed by atoms with Crippen molar-refractivity contribution in [1.82, 2.24) is 0 Å². The lowest BCUT2D eigenvalue weighted by atomic mass is 9.84. The van der Waals surface area contributed by atoms with E-state index in [0.717, 1.165) is 19.3 Å². The fourth-order valence-electron chi connectivity index (χ4n) is 3.82. The summed E-state index contributed by atoms with van der Waals surface area (Å²) in [5.41, 5.74) is 6.21.